The third-order valence-electron chi connectivity index (χ3n) is 5.68. The molecule has 0 radical (unpaired) electrons. The maximum absolute atomic E-state index is 13.7. The Morgan fingerprint density at radius 2 is 1.58 bits per heavy atom. The molecule has 0 bridgehead atoms. The number of benzene rings is 2. The summed E-state index contributed by atoms with van der Waals surface area (Å²) in [6.07, 6.45) is 1.08. The molecular weight excluding hydrogens is 478 g/mol. The van der Waals surface area contributed by atoms with E-state index in [0.29, 0.717) is 11.4 Å². The van der Waals surface area contributed by atoms with E-state index >= 15 is 0 Å². The molecule has 0 spiro atoms. The highest BCUT2D eigenvalue weighted by Gasteiger charge is 2.32. The van der Waals surface area contributed by atoms with Crippen molar-refractivity contribution in [3.8, 4) is 5.75 Å². The molecule has 198 valence electrons. The predicted molar refractivity (Wildman–Crippen MR) is 144 cm³/mol. The van der Waals surface area contributed by atoms with Gasteiger partial charge in [0.15, 0.2) is 0 Å². The zero-order chi connectivity index (χ0) is 27.3. The van der Waals surface area contributed by atoms with Gasteiger partial charge in [0.05, 0.1) is 19.1 Å². The Morgan fingerprint density at radius 3 is 2.08 bits per heavy atom. The second-order valence-corrected chi connectivity index (χ2v) is 12.2. The number of carbonyl (C=O) groups excluding carboxylic acids is 2. The molecule has 0 saturated carbocycles. The molecule has 2 rings (SSSR count). The van der Waals surface area contributed by atoms with E-state index < -0.39 is 34.1 Å². The second-order valence-electron chi connectivity index (χ2n) is 10.3. The number of hydrogen-bond acceptors (Lipinski definition) is 5. The minimum atomic E-state index is -3.79. The van der Waals surface area contributed by atoms with Crippen molar-refractivity contribution in [2.24, 2.45) is 0 Å². The van der Waals surface area contributed by atoms with Crippen molar-refractivity contribution in [2.75, 3.05) is 24.2 Å². The summed E-state index contributed by atoms with van der Waals surface area (Å²) in [6.45, 7) is 10.9. The van der Waals surface area contributed by atoms with Crippen LogP contribution in [-0.4, -0.2) is 56.6 Å². The molecule has 0 aliphatic carbocycles. The summed E-state index contributed by atoms with van der Waals surface area (Å²) >= 11 is 0. The van der Waals surface area contributed by atoms with E-state index in [1.807, 2.05) is 58.9 Å². The van der Waals surface area contributed by atoms with Crippen LogP contribution in [0.5, 0.6) is 5.75 Å². The first-order valence-corrected chi connectivity index (χ1v) is 13.8. The summed E-state index contributed by atoms with van der Waals surface area (Å²) in [6, 6.07) is 13.5. The Hall–Kier alpha value is -3.07. The first-order valence-electron chi connectivity index (χ1n) is 11.9. The second kappa shape index (κ2) is 11.8. The lowest BCUT2D eigenvalue weighted by molar-refractivity contribution is -0.140. The van der Waals surface area contributed by atoms with Gasteiger partial charge < -0.3 is 15.0 Å². The van der Waals surface area contributed by atoms with Crippen molar-refractivity contribution in [3.05, 3.63) is 59.7 Å². The Balaban J connectivity index is 2.46. The van der Waals surface area contributed by atoms with Gasteiger partial charge in [0.25, 0.3) is 0 Å². The number of methoxy groups -OCH3 is 1. The monoisotopic (exact) mass is 517 g/mol. The van der Waals surface area contributed by atoms with Crippen molar-refractivity contribution < 1.29 is 22.7 Å². The lowest BCUT2D eigenvalue weighted by Crippen LogP contribution is -2.54. The molecule has 0 aromatic heterocycles. The topological polar surface area (TPSA) is 96.0 Å². The zero-order valence-corrected chi connectivity index (χ0v) is 23.3. The van der Waals surface area contributed by atoms with E-state index in [9.17, 15) is 18.0 Å². The molecule has 0 saturated heterocycles. The number of anilines is 1. The number of hydrogen-bond donors (Lipinski definition) is 1. The molecule has 0 heterocycles. The van der Waals surface area contributed by atoms with Gasteiger partial charge in [-0.05, 0) is 62.9 Å². The minimum Gasteiger partial charge on any atom is -0.497 e. The summed E-state index contributed by atoms with van der Waals surface area (Å²) in [4.78, 5) is 28.2. The lowest BCUT2D eigenvalue weighted by atomic mass is 10.0. The molecule has 1 N–H and O–H groups in total. The molecule has 8 nitrogen and oxygen atoms in total. The Bertz CT molecular complexity index is 1150. The van der Waals surface area contributed by atoms with E-state index in [2.05, 4.69) is 5.32 Å². The van der Waals surface area contributed by atoms with E-state index in [4.69, 9.17) is 4.74 Å². The molecule has 9 heteroatoms. The van der Waals surface area contributed by atoms with E-state index in [-0.39, 0.29) is 18.4 Å². The predicted octanol–water partition coefficient (Wildman–Crippen LogP) is 3.92. The molecule has 0 fully saturated rings. The maximum Gasteiger partial charge on any atom is 0.244 e. The van der Waals surface area contributed by atoms with Gasteiger partial charge in [-0.1, -0.05) is 44.2 Å². The zero-order valence-electron chi connectivity index (χ0n) is 22.5. The molecule has 1 atom stereocenters. The maximum atomic E-state index is 13.7. The summed E-state index contributed by atoms with van der Waals surface area (Å²) in [7, 11) is -2.22. The molecule has 2 amide bonds. The number of nitrogens with zero attached hydrogens (tertiary/aromatic N) is 2. The van der Waals surface area contributed by atoms with Crippen LogP contribution in [0.2, 0.25) is 0 Å². The van der Waals surface area contributed by atoms with E-state index in [1.165, 1.54) is 4.90 Å². The number of sulfonamides is 1. The van der Waals surface area contributed by atoms with Crippen LogP contribution in [0.15, 0.2) is 48.5 Å². The van der Waals surface area contributed by atoms with Gasteiger partial charge in [-0.3, -0.25) is 13.9 Å². The van der Waals surface area contributed by atoms with Crippen LogP contribution < -0.4 is 14.4 Å². The smallest absolute Gasteiger partial charge is 0.244 e. The number of rotatable bonds is 10. The molecule has 2 aromatic rings. The molecule has 36 heavy (non-hydrogen) atoms. The van der Waals surface area contributed by atoms with Gasteiger partial charge in [0.2, 0.25) is 21.8 Å². The van der Waals surface area contributed by atoms with Crippen molar-refractivity contribution in [2.45, 2.75) is 65.6 Å². The van der Waals surface area contributed by atoms with Crippen molar-refractivity contribution in [1.29, 1.82) is 0 Å². The minimum absolute atomic E-state index is 0.0486. The Morgan fingerprint density at radius 1 is 1.00 bits per heavy atom. The normalized spacial score (nSPS) is 12.7. The number of para-hydroxylation sites is 1. The fourth-order valence-electron chi connectivity index (χ4n) is 3.78. The van der Waals surface area contributed by atoms with Crippen LogP contribution >= 0.6 is 0 Å². The fraction of sp³-hybridized carbons (Fsp3) is 0.481. The summed E-state index contributed by atoms with van der Waals surface area (Å²) in [5.41, 5.74) is 1.57. The van der Waals surface area contributed by atoms with Crippen LogP contribution in [-0.2, 0) is 26.2 Å². The van der Waals surface area contributed by atoms with Crippen molar-refractivity contribution in [1.82, 2.24) is 10.2 Å². The highest BCUT2D eigenvalue weighted by atomic mass is 32.2. The quantitative estimate of drug-likeness (QED) is 0.515. The van der Waals surface area contributed by atoms with Gasteiger partial charge in [0, 0.05) is 12.1 Å². The molecule has 0 aliphatic heterocycles. The van der Waals surface area contributed by atoms with E-state index in [1.54, 1.807) is 38.3 Å². The highest BCUT2D eigenvalue weighted by Crippen LogP contribution is 2.29. The van der Waals surface area contributed by atoms with Gasteiger partial charge in [-0.15, -0.1) is 0 Å². The standard InChI is InChI=1S/C27H39N3O5S/c1-19(2)23-11-9-10-12-24(23)30(36(8,33)34)18-25(31)29(20(3)26(32)28-27(4,5)6)17-21-13-15-22(35-7)16-14-21/h9-16,19-20H,17-18H2,1-8H3,(H,28,32)/t20-/m1/s1. The van der Waals surface area contributed by atoms with Crippen LogP contribution in [0.25, 0.3) is 0 Å². The highest BCUT2D eigenvalue weighted by molar-refractivity contribution is 7.92. The molecule has 2 aromatic carbocycles. The SMILES string of the molecule is COc1ccc(CN(C(=O)CN(c2ccccc2C(C)C)S(C)(=O)=O)[C@H](C)C(=O)NC(C)(C)C)cc1. The average molecular weight is 518 g/mol. The average Bonchev–Trinajstić information content (AvgIpc) is 2.78. The Labute approximate surface area is 215 Å². The summed E-state index contributed by atoms with van der Waals surface area (Å²) in [5, 5.41) is 2.91. The van der Waals surface area contributed by atoms with Gasteiger partial charge in [-0.2, -0.15) is 0 Å². The molecular formula is C27H39N3O5S. The third kappa shape index (κ3) is 7.98. The van der Waals surface area contributed by atoms with Crippen LogP contribution in [0.1, 0.15) is 58.6 Å². The first kappa shape index (κ1) is 29.2. The first-order chi connectivity index (χ1) is 16.6. The van der Waals surface area contributed by atoms with Crippen LogP contribution in [0.4, 0.5) is 5.69 Å². The van der Waals surface area contributed by atoms with Crippen LogP contribution in [0, 0.1) is 0 Å². The van der Waals surface area contributed by atoms with Crippen LogP contribution in [0.3, 0.4) is 0 Å². The van der Waals surface area contributed by atoms with Gasteiger partial charge in [-0.25, -0.2) is 8.42 Å². The Kier molecular flexibility index (Phi) is 9.54. The number of carbonyl (C=O) groups is 2. The fourth-order valence-corrected chi connectivity index (χ4v) is 4.65. The molecule has 0 aliphatic rings. The number of amides is 2. The third-order valence-corrected chi connectivity index (χ3v) is 6.81. The van der Waals surface area contributed by atoms with Crippen molar-refractivity contribution >= 4 is 27.5 Å². The largest absolute Gasteiger partial charge is 0.497 e. The molecule has 0 unspecified atom stereocenters. The lowest BCUT2D eigenvalue weighted by Gasteiger charge is -2.33. The summed E-state index contributed by atoms with van der Waals surface area (Å²) < 4.78 is 32.0. The van der Waals surface area contributed by atoms with Gasteiger partial charge in [0.1, 0.15) is 18.3 Å². The number of nitrogens with one attached hydrogen (secondary N) is 1. The van der Waals surface area contributed by atoms with Crippen molar-refractivity contribution in [3.63, 3.8) is 0 Å². The number of ether oxygens (including phenoxy) is 1. The summed E-state index contributed by atoms with van der Waals surface area (Å²) in [5.74, 6) is -0.0830. The van der Waals surface area contributed by atoms with E-state index in [0.717, 1.165) is 21.7 Å². The van der Waals surface area contributed by atoms with Gasteiger partial charge >= 0.3 is 0 Å².